The zero-order valence-electron chi connectivity index (χ0n) is 12.7. The highest BCUT2D eigenvalue weighted by Gasteiger charge is 2.19. The van der Waals surface area contributed by atoms with Crippen LogP contribution < -0.4 is 4.90 Å². The maximum atomic E-state index is 11.5. The highest BCUT2D eigenvalue weighted by atomic mass is 16.4. The summed E-state index contributed by atoms with van der Waals surface area (Å²) < 4.78 is 0. The Labute approximate surface area is 124 Å². The number of aromatic nitrogens is 2. The molecule has 1 N–H and O–H groups in total. The number of hydrogen-bond acceptors (Lipinski definition) is 4. The maximum Gasteiger partial charge on any atom is 0.356 e. The summed E-state index contributed by atoms with van der Waals surface area (Å²) in [4.78, 5) is 21.7. The van der Waals surface area contributed by atoms with E-state index in [1.165, 1.54) is 0 Å². The van der Waals surface area contributed by atoms with Crippen molar-refractivity contribution in [1.29, 1.82) is 0 Å². The third-order valence-electron chi connectivity index (χ3n) is 3.26. The molecule has 110 valence electrons. The van der Waals surface area contributed by atoms with Gasteiger partial charge in [0.2, 0.25) is 0 Å². The minimum atomic E-state index is -1.05. The molecule has 0 bridgehead atoms. The molecule has 1 aromatic carbocycles. The summed E-state index contributed by atoms with van der Waals surface area (Å²) in [6.45, 7) is 5.86. The molecule has 0 aliphatic rings. The van der Waals surface area contributed by atoms with Crippen LogP contribution in [0, 0.1) is 6.92 Å². The molecular weight excluding hydrogens is 266 g/mol. The Kier molecular flexibility index (Phi) is 4.21. The van der Waals surface area contributed by atoms with Crippen LogP contribution in [0.4, 0.5) is 11.4 Å². The minimum absolute atomic E-state index is 0.0257. The van der Waals surface area contributed by atoms with Gasteiger partial charge in [-0.25, -0.2) is 14.8 Å². The molecule has 0 fully saturated rings. The summed E-state index contributed by atoms with van der Waals surface area (Å²) in [7, 11) is 1.81. The largest absolute Gasteiger partial charge is 0.476 e. The van der Waals surface area contributed by atoms with Crippen LogP contribution in [0.3, 0.4) is 0 Å². The molecule has 1 aromatic heterocycles. The normalized spacial score (nSPS) is 10.7. The van der Waals surface area contributed by atoms with Gasteiger partial charge in [-0.2, -0.15) is 0 Å². The van der Waals surface area contributed by atoms with Crippen molar-refractivity contribution >= 4 is 17.3 Å². The summed E-state index contributed by atoms with van der Waals surface area (Å²) >= 11 is 0. The zero-order chi connectivity index (χ0) is 15.6. The van der Waals surface area contributed by atoms with Crippen LogP contribution in [0.1, 0.15) is 41.6 Å². The molecule has 0 saturated heterocycles. The monoisotopic (exact) mass is 285 g/mol. The Bertz CT molecular complexity index is 668. The summed E-state index contributed by atoms with van der Waals surface area (Å²) in [5, 5.41) is 9.41. The lowest BCUT2D eigenvalue weighted by Crippen LogP contribution is -2.17. The Balaban J connectivity index is 2.50. The van der Waals surface area contributed by atoms with Crippen molar-refractivity contribution in [3.63, 3.8) is 0 Å². The number of hydrogen-bond donors (Lipinski definition) is 1. The molecule has 0 aliphatic heterocycles. The van der Waals surface area contributed by atoms with Gasteiger partial charge in [-0.15, -0.1) is 0 Å². The summed E-state index contributed by atoms with van der Waals surface area (Å²) in [6.07, 6.45) is 1.58. The number of nitrogens with zero attached hydrogens (tertiary/aromatic N) is 3. The van der Waals surface area contributed by atoms with E-state index in [9.17, 15) is 9.90 Å². The van der Waals surface area contributed by atoms with E-state index in [0.717, 1.165) is 11.3 Å². The van der Waals surface area contributed by atoms with Crippen molar-refractivity contribution in [3.8, 4) is 0 Å². The zero-order valence-corrected chi connectivity index (χ0v) is 12.7. The van der Waals surface area contributed by atoms with Gasteiger partial charge in [-0.3, -0.25) is 0 Å². The fourth-order valence-electron chi connectivity index (χ4n) is 2.05. The first-order valence-corrected chi connectivity index (χ1v) is 6.80. The van der Waals surface area contributed by atoms with Gasteiger partial charge in [0.25, 0.3) is 0 Å². The molecule has 0 saturated carbocycles. The Morgan fingerprint density at radius 3 is 2.62 bits per heavy atom. The van der Waals surface area contributed by atoms with Crippen molar-refractivity contribution in [2.45, 2.75) is 26.7 Å². The lowest BCUT2D eigenvalue weighted by molar-refractivity contribution is 0.0690. The standard InChI is InChI=1S/C16H19N3O2/c1-10(2)15-17-9-13(14(18-15)16(20)21)19(4)12-7-5-6-11(3)8-12/h5-10H,1-4H3,(H,20,21). The first-order chi connectivity index (χ1) is 9.90. The van der Waals surface area contributed by atoms with E-state index >= 15 is 0 Å². The molecule has 2 rings (SSSR count). The smallest absolute Gasteiger partial charge is 0.356 e. The Morgan fingerprint density at radius 1 is 1.33 bits per heavy atom. The molecule has 21 heavy (non-hydrogen) atoms. The number of carbonyl (C=O) groups is 1. The van der Waals surface area contributed by atoms with E-state index in [4.69, 9.17) is 0 Å². The van der Waals surface area contributed by atoms with Crippen molar-refractivity contribution < 1.29 is 9.90 Å². The van der Waals surface area contributed by atoms with Crippen LogP contribution in [-0.4, -0.2) is 28.1 Å². The van der Waals surface area contributed by atoms with Gasteiger partial charge in [0.1, 0.15) is 5.82 Å². The minimum Gasteiger partial charge on any atom is -0.476 e. The van der Waals surface area contributed by atoms with Gasteiger partial charge in [0.05, 0.1) is 11.9 Å². The number of aryl methyl sites for hydroxylation is 1. The molecule has 0 atom stereocenters. The van der Waals surface area contributed by atoms with E-state index in [1.807, 2.05) is 52.1 Å². The topological polar surface area (TPSA) is 66.3 Å². The summed E-state index contributed by atoms with van der Waals surface area (Å²) in [6, 6.07) is 7.84. The SMILES string of the molecule is Cc1cccc(N(C)c2cnc(C(C)C)nc2C(=O)O)c1. The van der Waals surface area contributed by atoms with E-state index in [1.54, 1.807) is 11.1 Å². The second-order valence-electron chi connectivity index (χ2n) is 5.32. The number of benzene rings is 1. The molecular formula is C16H19N3O2. The lowest BCUT2D eigenvalue weighted by atomic mass is 10.1. The van der Waals surface area contributed by atoms with Gasteiger partial charge in [0, 0.05) is 18.7 Å². The molecule has 5 heteroatoms. The summed E-state index contributed by atoms with van der Waals surface area (Å²) in [5.41, 5.74) is 2.52. The third-order valence-corrected chi connectivity index (χ3v) is 3.26. The molecule has 0 amide bonds. The van der Waals surface area contributed by atoms with Crippen LogP contribution >= 0.6 is 0 Å². The van der Waals surface area contributed by atoms with Crippen LogP contribution in [0.2, 0.25) is 0 Å². The predicted molar refractivity (Wildman–Crippen MR) is 82.3 cm³/mol. The predicted octanol–water partition coefficient (Wildman–Crippen LogP) is 3.37. The van der Waals surface area contributed by atoms with E-state index in [2.05, 4.69) is 9.97 Å². The molecule has 0 spiro atoms. The highest BCUT2D eigenvalue weighted by molar-refractivity contribution is 5.93. The fourth-order valence-corrected chi connectivity index (χ4v) is 2.05. The average molecular weight is 285 g/mol. The molecule has 2 aromatic rings. The summed E-state index contributed by atoms with van der Waals surface area (Å²) in [5.74, 6) is -0.427. The average Bonchev–Trinajstić information content (AvgIpc) is 2.45. The van der Waals surface area contributed by atoms with E-state index < -0.39 is 5.97 Å². The van der Waals surface area contributed by atoms with Crippen LogP contribution in [0.15, 0.2) is 30.5 Å². The molecule has 1 heterocycles. The van der Waals surface area contributed by atoms with Crippen molar-refractivity contribution in [2.24, 2.45) is 0 Å². The van der Waals surface area contributed by atoms with Gasteiger partial charge in [-0.1, -0.05) is 26.0 Å². The van der Waals surface area contributed by atoms with Crippen LogP contribution in [0.5, 0.6) is 0 Å². The highest BCUT2D eigenvalue weighted by Crippen LogP contribution is 2.27. The van der Waals surface area contributed by atoms with Crippen molar-refractivity contribution in [3.05, 3.63) is 47.5 Å². The van der Waals surface area contributed by atoms with E-state index in [0.29, 0.717) is 11.5 Å². The van der Waals surface area contributed by atoms with Crippen molar-refractivity contribution in [2.75, 3.05) is 11.9 Å². The second kappa shape index (κ2) is 5.91. The first kappa shape index (κ1) is 15.0. The lowest BCUT2D eigenvalue weighted by Gasteiger charge is -2.21. The molecule has 0 aliphatic carbocycles. The Morgan fingerprint density at radius 2 is 2.05 bits per heavy atom. The van der Waals surface area contributed by atoms with Crippen LogP contribution in [-0.2, 0) is 0 Å². The van der Waals surface area contributed by atoms with Gasteiger partial charge >= 0.3 is 5.97 Å². The van der Waals surface area contributed by atoms with Gasteiger partial charge < -0.3 is 10.0 Å². The molecule has 5 nitrogen and oxygen atoms in total. The second-order valence-corrected chi connectivity index (χ2v) is 5.32. The molecule has 0 radical (unpaired) electrons. The van der Waals surface area contributed by atoms with Crippen LogP contribution in [0.25, 0.3) is 0 Å². The number of rotatable bonds is 4. The quantitative estimate of drug-likeness (QED) is 0.932. The number of carboxylic acids is 1. The Hall–Kier alpha value is -2.43. The maximum absolute atomic E-state index is 11.5. The van der Waals surface area contributed by atoms with Gasteiger partial charge in [0.15, 0.2) is 5.69 Å². The number of aromatic carboxylic acids is 1. The number of anilines is 2. The third kappa shape index (κ3) is 3.18. The first-order valence-electron chi connectivity index (χ1n) is 6.80. The van der Waals surface area contributed by atoms with E-state index in [-0.39, 0.29) is 11.6 Å². The molecule has 0 unspecified atom stereocenters. The van der Waals surface area contributed by atoms with Crippen molar-refractivity contribution in [1.82, 2.24) is 9.97 Å². The fraction of sp³-hybridized carbons (Fsp3) is 0.312. The number of carboxylic acid groups (broad SMARTS) is 1. The van der Waals surface area contributed by atoms with Gasteiger partial charge in [-0.05, 0) is 24.6 Å².